The van der Waals surface area contributed by atoms with Gasteiger partial charge < -0.3 is 4.90 Å². The average molecular weight is 364 g/mol. The minimum Gasteiger partial charge on any atom is -0.303 e. The van der Waals surface area contributed by atoms with Crippen molar-refractivity contribution in [3.05, 3.63) is 77.9 Å². The van der Waals surface area contributed by atoms with Crippen LogP contribution in [-0.2, 0) is 11.2 Å². The quantitative estimate of drug-likeness (QED) is 0.614. The summed E-state index contributed by atoms with van der Waals surface area (Å²) in [7, 11) is 2.01. The molecule has 0 bridgehead atoms. The van der Waals surface area contributed by atoms with Crippen LogP contribution in [0, 0.1) is 5.82 Å². The highest BCUT2D eigenvalue weighted by Gasteiger charge is 2.29. The first kappa shape index (κ1) is 19.2. The molecule has 0 saturated carbocycles. The molecular formula is C23H25FN2O. The van der Waals surface area contributed by atoms with E-state index in [-0.39, 0.29) is 30.0 Å². The van der Waals surface area contributed by atoms with Crippen molar-refractivity contribution in [2.45, 2.75) is 32.2 Å². The summed E-state index contributed by atoms with van der Waals surface area (Å²) in [6.45, 7) is 4.97. The Morgan fingerprint density at radius 2 is 1.89 bits per heavy atom. The standard InChI is InChI=1S/C23H25FN2O/c1-4-26(3)16(2)22(17-8-6-5-7-9-17)21(27)14-18-10-11-19-15-25-13-12-20(19)23(18)24/h5-13,15-16,22H,4,14H2,1-3H3/t16?,22-/m1/s1. The third kappa shape index (κ3) is 4.06. The van der Waals surface area contributed by atoms with Gasteiger partial charge in [0.2, 0.25) is 0 Å². The van der Waals surface area contributed by atoms with Crippen LogP contribution in [0.3, 0.4) is 0 Å². The summed E-state index contributed by atoms with van der Waals surface area (Å²) in [5.41, 5.74) is 1.41. The molecule has 0 amide bonds. The van der Waals surface area contributed by atoms with Gasteiger partial charge in [0.25, 0.3) is 0 Å². The molecule has 1 unspecified atom stereocenters. The number of Topliss-reactive ketones (excluding diaryl/α,β-unsaturated/α-hetero) is 1. The highest BCUT2D eigenvalue weighted by atomic mass is 19.1. The number of rotatable bonds is 7. The molecule has 2 atom stereocenters. The summed E-state index contributed by atoms with van der Waals surface area (Å²) in [6, 6.07) is 15.0. The van der Waals surface area contributed by atoms with Crippen molar-refractivity contribution in [2.75, 3.05) is 13.6 Å². The van der Waals surface area contributed by atoms with Gasteiger partial charge in [-0.3, -0.25) is 9.78 Å². The Morgan fingerprint density at radius 3 is 2.59 bits per heavy atom. The SMILES string of the molecule is CCN(C)C(C)[C@@H](C(=O)Cc1ccc2cnccc2c1F)c1ccccc1. The topological polar surface area (TPSA) is 33.2 Å². The Bertz CT molecular complexity index is 926. The minimum atomic E-state index is -0.327. The van der Waals surface area contributed by atoms with Gasteiger partial charge in [-0.2, -0.15) is 0 Å². The van der Waals surface area contributed by atoms with E-state index in [9.17, 15) is 9.18 Å². The normalized spacial score (nSPS) is 13.7. The molecule has 0 radical (unpaired) electrons. The Morgan fingerprint density at radius 1 is 1.15 bits per heavy atom. The number of nitrogens with zero attached hydrogens (tertiary/aromatic N) is 2. The number of aromatic nitrogens is 1. The van der Waals surface area contributed by atoms with Crippen LogP contribution in [-0.4, -0.2) is 35.3 Å². The Kier molecular flexibility index (Phi) is 5.97. The van der Waals surface area contributed by atoms with E-state index in [1.165, 1.54) is 0 Å². The molecule has 0 aliphatic carbocycles. The van der Waals surface area contributed by atoms with Crippen molar-refractivity contribution >= 4 is 16.6 Å². The second-order valence-electron chi connectivity index (χ2n) is 6.98. The zero-order chi connectivity index (χ0) is 19.4. The fraction of sp³-hybridized carbons (Fsp3) is 0.304. The summed E-state index contributed by atoms with van der Waals surface area (Å²) in [6.07, 6.45) is 3.28. The first-order chi connectivity index (χ1) is 13.0. The van der Waals surface area contributed by atoms with Gasteiger partial charge in [0, 0.05) is 35.6 Å². The lowest BCUT2D eigenvalue weighted by molar-refractivity contribution is -0.121. The number of hydrogen-bond acceptors (Lipinski definition) is 3. The number of carbonyl (C=O) groups is 1. The van der Waals surface area contributed by atoms with Gasteiger partial charge in [-0.1, -0.05) is 49.4 Å². The lowest BCUT2D eigenvalue weighted by Crippen LogP contribution is -2.38. The summed E-state index contributed by atoms with van der Waals surface area (Å²) in [4.78, 5) is 19.4. The molecule has 3 nitrogen and oxygen atoms in total. The van der Waals surface area contributed by atoms with Gasteiger partial charge in [-0.05, 0) is 37.7 Å². The summed E-state index contributed by atoms with van der Waals surface area (Å²) in [5.74, 6) is -0.600. The molecule has 0 aliphatic heterocycles. The van der Waals surface area contributed by atoms with Gasteiger partial charge in [0.05, 0.1) is 5.92 Å². The molecular weight excluding hydrogens is 339 g/mol. The van der Waals surface area contributed by atoms with Crippen LogP contribution < -0.4 is 0 Å². The van der Waals surface area contributed by atoms with Gasteiger partial charge in [-0.25, -0.2) is 4.39 Å². The van der Waals surface area contributed by atoms with Crippen molar-refractivity contribution in [1.29, 1.82) is 0 Å². The predicted molar refractivity (Wildman–Crippen MR) is 107 cm³/mol. The predicted octanol–water partition coefficient (Wildman–Crippen LogP) is 4.61. The number of likely N-dealkylation sites (N-methyl/N-ethyl adjacent to an activating group) is 1. The van der Waals surface area contributed by atoms with E-state index in [0.29, 0.717) is 10.9 Å². The molecule has 4 heteroatoms. The third-order valence-electron chi connectivity index (χ3n) is 5.38. The minimum absolute atomic E-state index is 0.0256. The van der Waals surface area contributed by atoms with Crippen molar-refractivity contribution in [3.63, 3.8) is 0 Å². The van der Waals surface area contributed by atoms with Crippen molar-refractivity contribution in [3.8, 4) is 0 Å². The summed E-state index contributed by atoms with van der Waals surface area (Å²) < 4.78 is 14.9. The summed E-state index contributed by atoms with van der Waals surface area (Å²) >= 11 is 0. The second-order valence-corrected chi connectivity index (χ2v) is 6.98. The number of carbonyl (C=O) groups excluding carboxylic acids is 1. The molecule has 3 aromatic rings. The Hall–Kier alpha value is -2.59. The van der Waals surface area contributed by atoms with E-state index in [0.717, 1.165) is 17.5 Å². The zero-order valence-electron chi connectivity index (χ0n) is 16.0. The van der Waals surface area contributed by atoms with Gasteiger partial charge in [-0.15, -0.1) is 0 Å². The third-order valence-corrected chi connectivity index (χ3v) is 5.38. The molecule has 0 saturated heterocycles. The van der Waals surface area contributed by atoms with Crippen LogP contribution in [0.1, 0.15) is 30.9 Å². The van der Waals surface area contributed by atoms with E-state index in [1.807, 2.05) is 43.4 Å². The maximum absolute atomic E-state index is 14.9. The number of benzene rings is 2. The highest BCUT2D eigenvalue weighted by Crippen LogP contribution is 2.27. The number of ketones is 1. The van der Waals surface area contributed by atoms with E-state index >= 15 is 0 Å². The van der Waals surface area contributed by atoms with Gasteiger partial charge in [0.15, 0.2) is 0 Å². The molecule has 0 N–H and O–H groups in total. The number of pyridine rings is 1. The van der Waals surface area contributed by atoms with E-state index < -0.39 is 0 Å². The summed E-state index contributed by atoms with van der Waals surface area (Å²) in [5, 5.41) is 1.25. The monoisotopic (exact) mass is 364 g/mol. The highest BCUT2D eigenvalue weighted by molar-refractivity contribution is 5.90. The van der Waals surface area contributed by atoms with Crippen LogP contribution in [0.25, 0.3) is 10.8 Å². The van der Waals surface area contributed by atoms with Crippen LogP contribution >= 0.6 is 0 Å². The lowest BCUT2D eigenvalue weighted by atomic mass is 9.85. The first-order valence-corrected chi connectivity index (χ1v) is 9.32. The molecule has 27 heavy (non-hydrogen) atoms. The van der Waals surface area contributed by atoms with Crippen molar-refractivity contribution in [2.24, 2.45) is 0 Å². The number of hydrogen-bond donors (Lipinski definition) is 0. The fourth-order valence-electron chi connectivity index (χ4n) is 3.55. The van der Waals surface area contributed by atoms with Crippen LogP contribution in [0.15, 0.2) is 60.9 Å². The molecule has 3 rings (SSSR count). The van der Waals surface area contributed by atoms with E-state index in [4.69, 9.17) is 0 Å². The lowest BCUT2D eigenvalue weighted by Gasteiger charge is -2.31. The maximum atomic E-state index is 14.9. The smallest absolute Gasteiger partial charge is 0.146 e. The first-order valence-electron chi connectivity index (χ1n) is 9.32. The average Bonchev–Trinajstić information content (AvgIpc) is 2.70. The molecule has 1 heterocycles. The number of fused-ring (bicyclic) bond motifs is 1. The van der Waals surface area contributed by atoms with Crippen molar-refractivity contribution in [1.82, 2.24) is 9.88 Å². The maximum Gasteiger partial charge on any atom is 0.146 e. The fourth-order valence-corrected chi connectivity index (χ4v) is 3.55. The van der Waals surface area contributed by atoms with E-state index in [1.54, 1.807) is 24.5 Å². The second kappa shape index (κ2) is 8.40. The molecule has 1 aromatic heterocycles. The Labute approximate surface area is 159 Å². The van der Waals surface area contributed by atoms with E-state index in [2.05, 4.69) is 23.7 Å². The van der Waals surface area contributed by atoms with Crippen LogP contribution in [0.4, 0.5) is 4.39 Å². The van der Waals surface area contributed by atoms with Crippen LogP contribution in [0.2, 0.25) is 0 Å². The molecule has 140 valence electrons. The van der Waals surface area contributed by atoms with Gasteiger partial charge in [0.1, 0.15) is 11.6 Å². The molecule has 2 aromatic carbocycles. The van der Waals surface area contributed by atoms with Gasteiger partial charge >= 0.3 is 0 Å². The molecule has 0 fully saturated rings. The Balaban J connectivity index is 1.94. The number of halogens is 1. The largest absolute Gasteiger partial charge is 0.303 e. The molecule has 0 spiro atoms. The molecule has 0 aliphatic rings. The zero-order valence-corrected chi connectivity index (χ0v) is 16.0. The van der Waals surface area contributed by atoms with Crippen LogP contribution in [0.5, 0.6) is 0 Å². The van der Waals surface area contributed by atoms with Crippen molar-refractivity contribution < 1.29 is 9.18 Å².